The van der Waals surface area contributed by atoms with Crippen molar-refractivity contribution in [1.29, 1.82) is 0 Å². The number of hydrogen-bond acceptors (Lipinski definition) is 9. The van der Waals surface area contributed by atoms with Crippen molar-refractivity contribution in [3.8, 4) is 16.3 Å². The Hall–Kier alpha value is -5.54. The van der Waals surface area contributed by atoms with E-state index in [1.54, 1.807) is 84.9 Å². The third-order valence-corrected chi connectivity index (χ3v) is 14.0. The van der Waals surface area contributed by atoms with E-state index in [4.69, 9.17) is 16.3 Å². The lowest BCUT2D eigenvalue weighted by Gasteiger charge is -2.14. The van der Waals surface area contributed by atoms with E-state index in [0.29, 0.717) is 27.1 Å². The van der Waals surface area contributed by atoms with Crippen LogP contribution in [-0.4, -0.2) is 44.3 Å². The van der Waals surface area contributed by atoms with Crippen LogP contribution < -0.4 is 14.2 Å². The summed E-state index contributed by atoms with van der Waals surface area (Å²) in [5.41, 5.74) is 0.484. The molecule has 2 N–H and O–H groups in total. The van der Waals surface area contributed by atoms with Gasteiger partial charge in [-0.2, -0.15) is 18.3 Å². The minimum absolute atomic E-state index is 0.00562. The van der Waals surface area contributed by atoms with Gasteiger partial charge in [0, 0.05) is 37.9 Å². The van der Waals surface area contributed by atoms with Crippen molar-refractivity contribution in [3.05, 3.63) is 176 Å². The van der Waals surface area contributed by atoms with Gasteiger partial charge in [0.15, 0.2) is 11.6 Å². The van der Waals surface area contributed by atoms with Crippen LogP contribution in [0.2, 0.25) is 5.02 Å². The predicted molar refractivity (Wildman–Crippen MR) is 246 cm³/mol. The second-order valence-electron chi connectivity index (χ2n) is 13.8. The van der Waals surface area contributed by atoms with Gasteiger partial charge in [0.25, 0.3) is 20.0 Å². The number of carbonyl (C=O) groups is 2. The van der Waals surface area contributed by atoms with Crippen LogP contribution in [0.15, 0.2) is 149 Å². The van der Waals surface area contributed by atoms with Gasteiger partial charge < -0.3 is 4.74 Å². The van der Waals surface area contributed by atoms with Crippen LogP contribution in [0.25, 0.3) is 10.6 Å². The Kier molecular flexibility index (Phi) is 14.5. The molecule has 0 saturated carbocycles. The molecule has 11 nitrogen and oxygen atoms in total. The summed E-state index contributed by atoms with van der Waals surface area (Å²) in [5.74, 6) is -0.0866. The van der Waals surface area contributed by atoms with Gasteiger partial charge in [0.05, 0.1) is 27.3 Å². The summed E-state index contributed by atoms with van der Waals surface area (Å²) < 4.78 is 103. The topological polar surface area (TPSA) is 154 Å². The monoisotopic (exact) mass is 1050 g/mol. The average molecular weight is 1050 g/mol. The van der Waals surface area contributed by atoms with Gasteiger partial charge >= 0.3 is 6.18 Å². The zero-order valence-corrected chi connectivity index (χ0v) is 38.6. The molecule has 19 heteroatoms. The molecule has 2 heterocycles. The highest BCUT2D eigenvalue weighted by atomic mass is 127. The van der Waals surface area contributed by atoms with Crippen LogP contribution in [-0.2, 0) is 33.3 Å². The summed E-state index contributed by atoms with van der Waals surface area (Å²) in [6.45, 7) is 3.79. The maximum absolute atomic E-state index is 13.1. The summed E-state index contributed by atoms with van der Waals surface area (Å²) >= 11 is 8.89. The molecule has 7 rings (SSSR count). The van der Waals surface area contributed by atoms with Crippen LogP contribution in [0.3, 0.4) is 0 Å². The predicted octanol–water partition coefficient (Wildman–Crippen LogP) is 11.0. The summed E-state index contributed by atoms with van der Waals surface area (Å²) in [6.07, 6.45) is -4.60. The molecule has 0 saturated heterocycles. The molecule has 326 valence electrons. The molecule has 0 aliphatic carbocycles. The van der Waals surface area contributed by atoms with Gasteiger partial charge in [-0.3, -0.25) is 23.7 Å². The molecule has 0 atom stereocenters. The number of alkyl halides is 3. The number of aryl methyl sites for hydroxylation is 1. The van der Waals surface area contributed by atoms with Crippen LogP contribution >= 0.6 is 45.5 Å². The first-order chi connectivity index (χ1) is 29.7. The van der Waals surface area contributed by atoms with Crippen LogP contribution in [0.4, 0.5) is 24.5 Å². The maximum atomic E-state index is 13.1. The molecule has 63 heavy (non-hydrogen) atoms. The SMILES string of the molecule is CC(C)Oc1ccc(S(=O)(=O)Nc2ccc(I)cc2C(=O)c2ccccc2)cc1.Cn1nc(-c2ccc(S(=O)(=O)Nc3ccc(Cl)cc3C(=O)c3ccccc3)s2)cc1C(F)(F)F. The summed E-state index contributed by atoms with van der Waals surface area (Å²) in [4.78, 5) is 26.2. The molecular weight excluding hydrogens is 1010 g/mol. The molecule has 0 spiro atoms. The van der Waals surface area contributed by atoms with E-state index in [-0.39, 0.29) is 53.5 Å². The van der Waals surface area contributed by atoms with Gasteiger partial charge in [-0.15, -0.1) is 11.3 Å². The lowest BCUT2D eigenvalue weighted by molar-refractivity contribution is -0.143. The number of carbonyl (C=O) groups excluding carboxylic acids is 2. The maximum Gasteiger partial charge on any atom is 0.433 e. The van der Waals surface area contributed by atoms with E-state index in [2.05, 4.69) is 37.1 Å². The zero-order valence-electron chi connectivity index (χ0n) is 33.2. The Morgan fingerprint density at radius 2 is 1.27 bits per heavy atom. The molecule has 0 radical (unpaired) electrons. The van der Waals surface area contributed by atoms with Crippen molar-refractivity contribution in [3.63, 3.8) is 0 Å². The second-order valence-corrected chi connectivity index (χ2v) is 20.1. The quantitative estimate of drug-likeness (QED) is 0.0855. The first kappa shape index (κ1) is 47.0. The van der Waals surface area contributed by atoms with Crippen molar-refractivity contribution in [2.24, 2.45) is 7.05 Å². The number of benzene rings is 5. The number of aromatic nitrogens is 2. The fourth-order valence-electron chi connectivity index (χ4n) is 5.90. The van der Waals surface area contributed by atoms with E-state index >= 15 is 0 Å². The molecule has 0 amide bonds. The third kappa shape index (κ3) is 11.7. The van der Waals surface area contributed by atoms with Crippen LogP contribution in [0, 0.1) is 3.57 Å². The number of ether oxygens (including phenoxy) is 1. The number of hydrogen-bond donors (Lipinski definition) is 2. The van der Waals surface area contributed by atoms with Gasteiger partial charge in [-0.1, -0.05) is 72.3 Å². The standard InChI is InChI=1S/C22H15ClF3N3O3S2.C22H20INO4S/c1-29-19(22(24,25)26)12-17(27-29)18-9-10-20(33-18)34(31,32)28-16-8-7-14(23)11-15(16)21(30)13-5-3-2-4-6-13;1-15(2)28-18-9-11-19(12-10-18)29(26,27)24-21-13-8-17(23)14-20(21)22(25)16-6-4-3-5-7-16/h2-12,28H,1H3;3-15,24H,1-2H3. The van der Waals surface area contributed by atoms with E-state index in [1.807, 2.05) is 19.9 Å². The average Bonchev–Trinajstić information content (AvgIpc) is 3.91. The largest absolute Gasteiger partial charge is 0.491 e. The second kappa shape index (κ2) is 19.5. The summed E-state index contributed by atoms with van der Waals surface area (Å²) in [7, 11) is -6.88. The number of sulfonamides is 2. The fourth-order valence-corrected chi connectivity index (χ4v) is 9.98. The molecule has 0 unspecified atom stereocenters. The van der Waals surface area contributed by atoms with E-state index in [9.17, 15) is 39.6 Å². The molecule has 0 aliphatic heterocycles. The Bertz CT molecular complexity index is 3000. The van der Waals surface area contributed by atoms with Gasteiger partial charge in [0.1, 0.15) is 21.3 Å². The first-order valence-corrected chi connectivity index (χ1v) is 23.8. The Labute approximate surface area is 384 Å². The molecular formula is C44H35ClF3IN4O7S3. The van der Waals surface area contributed by atoms with Crippen molar-refractivity contribution >= 4 is 88.5 Å². The van der Waals surface area contributed by atoms with Crippen molar-refractivity contribution in [2.45, 2.75) is 35.2 Å². The normalized spacial score (nSPS) is 11.7. The minimum atomic E-state index is -4.59. The van der Waals surface area contributed by atoms with E-state index in [0.717, 1.165) is 28.0 Å². The van der Waals surface area contributed by atoms with Crippen LogP contribution in [0.5, 0.6) is 5.75 Å². The number of thiophene rings is 1. The van der Waals surface area contributed by atoms with Crippen molar-refractivity contribution in [2.75, 3.05) is 9.44 Å². The lowest BCUT2D eigenvalue weighted by Crippen LogP contribution is -2.16. The number of halogens is 5. The highest BCUT2D eigenvalue weighted by molar-refractivity contribution is 14.1. The molecule has 7 aromatic rings. The first-order valence-electron chi connectivity index (χ1n) is 18.5. The van der Waals surface area contributed by atoms with Gasteiger partial charge in [-0.25, -0.2) is 16.8 Å². The fraction of sp³-hybridized carbons (Fsp3) is 0.114. The summed E-state index contributed by atoms with van der Waals surface area (Å²) in [5, 5.41) is 4.09. The van der Waals surface area contributed by atoms with E-state index < -0.39 is 37.7 Å². The molecule has 5 aromatic carbocycles. The smallest absolute Gasteiger partial charge is 0.433 e. The number of rotatable bonds is 13. The molecule has 2 aromatic heterocycles. The van der Waals surface area contributed by atoms with Crippen molar-refractivity contribution < 1.29 is 44.3 Å². The molecule has 0 fully saturated rings. The highest BCUT2D eigenvalue weighted by Crippen LogP contribution is 2.36. The number of ketones is 2. The number of nitrogens with zero attached hydrogens (tertiary/aromatic N) is 2. The van der Waals surface area contributed by atoms with Crippen LogP contribution in [0.1, 0.15) is 51.4 Å². The zero-order chi connectivity index (χ0) is 45.7. The molecule has 0 aliphatic rings. The third-order valence-electron chi connectivity index (χ3n) is 8.79. The Balaban J connectivity index is 0.000000213. The minimum Gasteiger partial charge on any atom is -0.491 e. The van der Waals surface area contributed by atoms with Crippen molar-refractivity contribution in [1.82, 2.24) is 9.78 Å². The Morgan fingerprint density at radius 1 is 0.730 bits per heavy atom. The lowest BCUT2D eigenvalue weighted by atomic mass is 10.0. The highest BCUT2D eigenvalue weighted by Gasteiger charge is 2.35. The number of nitrogens with one attached hydrogen (secondary N) is 2. The summed E-state index contributed by atoms with van der Waals surface area (Å²) in [6, 6.07) is 35.9. The Morgan fingerprint density at radius 3 is 1.81 bits per heavy atom. The van der Waals surface area contributed by atoms with Gasteiger partial charge in [-0.05, 0) is 115 Å². The molecule has 0 bridgehead atoms. The van der Waals surface area contributed by atoms with E-state index in [1.165, 1.54) is 42.5 Å². The van der Waals surface area contributed by atoms with Gasteiger partial charge in [0.2, 0.25) is 0 Å². The number of anilines is 2.